The molecular weight excluding hydrogens is 239 g/mol. The highest BCUT2D eigenvalue weighted by Gasteiger charge is 2.20. The van der Waals surface area contributed by atoms with Gasteiger partial charge in [-0.3, -0.25) is 4.79 Å². The molecule has 2 aromatic carbocycles. The Kier molecular flexibility index (Phi) is 3.00. The van der Waals surface area contributed by atoms with Gasteiger partial charge in [0.2, 0.25) is 0 Å². The fourth-order valence-electron chi connectivity index (χ4n) is 2.45. The Morgan fingerprint density at radius 2 is 1.84 bits per heavy atom. The van der Waals surface area contributed by atoms with Crippen LogP contribution in [-0.4, -0.2) is 5.78 Å². The SMILES string of the molecule is O=C1/C(=C\c2cccc(F)c2)CCc2ccccc21. The highest BCUT2D eigenvalue weighted by atomic mass is 19.1. The van der Waals surface area contributed by atoms with Crippen LogP contribution in [0.15, 0.2) is 54.1 Å². The fraction of sp³-hybridized carbons (Fsp3) is 0.118. The van der Waals surface area contributed by atoms with Gasteiger partial charge in [0.05, 0.1) is 0 Å². The number of hydrogen-bond donors (Lipinski definition) is 0. The Hall–Kier alpha value is -2.22. The summed E-state index contributed by atoms with van der Waals surface area (Å²) in [5, 5.41) is 0. The van der Waals surface area contributed by atoms with Crippen LogP contribution in [0.25, 0.3) is 6.08 Å². The molecule has 94 valence electrons. The summed E-state index contributed by atoms with van der Waals surface area (Å²) in [4.78, 5) is 12.3. The van der Waals surface area contributed by atoms with E-state index >= 15 is 0 Å². The number of hydrogen-bond acceptors (Lipinski definition) is 1. The van der Waals surface area contributed by atoms with Crippen LogP contribution in [0.5, 0.6) is 0 Å². The van der Waals surface area contributed by atoms with Crippen LogP contribution < -0.4 is 0 Å². The molecule has 0 saturated carbocycles. The summed E-state index contributed by atoms with van der Waals surface area (Å²) in [5.41, 5.74) is 3.37. The van der Waals surface area contributed by atoms with Crippen molar-refractivity contribution in [2.24, 2.45) is 0 Å². The lowest BCUT2D eigenvalue weighted by molar-refractivity contribution is 0.102. The quantitative estimate of drug-likeness (QED) is 0.700. The van der Waals surface area contributed by atoms with Crippen molar-refractivity contribution in [3.8, 4) is 0 Å². The standard InChI is InChI=1S/C17H13FO/c18-15-6-3-4-12(11-15)10-14-9-8-13-5-1-2-7-16(13)17(14)19/h1-7,10-11H,8-9H2/b14-10-. The van der Waals surface area contributed by atoms with Crippen LogP contribution >= 0.6 is 0 Å². The second-order valence-electron chi connectivity index (χ2n) is 4.71. The van der Waals surface area contributed by atoms with Crippen LogP contribution in [0, 0.1) is 5.82 Å². The number of fused-ring (bicyclic) bond motifs is 1. The largest absolute Gasteiger partial charge is 0.289 e. The molecule has 0 N–H and O–H groups in total. The third-order valence-electron chi connectivity index (χ3n) is 3.41. The van der Waals surface area contributed by atoms with Gasteiger partial charge >= 0.3 is 0 Å². The predicted octanol–water partition coefficient (Wildman–Crippen LogP) is 4.04. The Balaban J connectivity index is 1.98. The number of ketones is 1. The van der Waals surface area contributed by atoms with Gasteiger partial charge in [-0.15, -0.1) is 0 Å². The number of halogens is 1. The zero-order valence-electron chi connectivity index (χ0n) is 10.4. The summed E-state index contributed by atoms with van der Waals surface area (Å²) in [6.07, 6.45) is 3.37. The smallest absolute Gasteiger partial charge is 0.189 e. The second-order valence-corrected chi connectivity index (χ2v) is 4.71. The summed E-state index contributed by atoms with van der Waals surface area (Å²) in [5.74, 6) is -0.218. The van der Waals surface area contributed by atoms with E-state index in [1.54, 1.807) is 12.1 Å². The van der Waals surface area contributed by atoms with E-state index in [1.807, 2.05) is 30.3 Å². The minimum atomic E-state index is -0.280. The van der Waals surface area contributed by atoms with Crippen molar-refractivity contribution >= 4 is 11.9 Å². The molecule has 0 radical (unpaired) electrons. The molecule has 1 nitrogen and oxygen atoms in total. The number of allylic oxidation sites excluding steroid dienone is 1. The maximum atomic E-state index is 13.1. The van der Waals surface area contributed by atoms with Gasteiger partial charge in [-0.2, -0.15) is 0 Å². The van der Waals surface area contributed by atoms with E-state index in [0.29, 0.717) is 6.42 Å². The van der Waals surface area contributed by atoms with E-state index in [9.17, 15) is 9.18 Å². The molecule has 0 atom stereocenters. The first-order valence-corrected chi connectivity index (χ1v) is 6.33. The molecule has 1 aliphatic rings. The Morgan fingerprint density at radius 1 is 1.00 bits per heavy atom. The van der Waals surface area contributed by atoms with Gasteiger partial charge in [0, 0.05) is 11.1 Å². The molecular formula is C17H13FO. The Bertz CT molecular complexity index is 670. The van der Waals surface area contributed by atoms with Crippen molar-refractivity contribution in [2.75, 3.05) is 0 Å². The number of rotatable bonds is 1. The second kappa shape index (κ2) is 4.81. The van der Waals surface area contributed by atoms with Crippen molar-refractivity contribution < 1.29 is 9.18 Å². The van der Waals surface area contributed by atoms with Crippen LogP contribution in [0.2, 0.25) is 0 Å². The number of carbonyl (C=O) groups excluding carboxylic acids is 1. The van der Waals surface area contributed by atoms with Crippen LogP contribution in [0.3, 0.4) is 0 Å². The Morgan fingerprint density at radius 3 is 2.68 bits per heavy atom. The van der Waals surface area contributed by atoms with Gasteiger partial charge in [0.25, 0.3) is 0 Å². The van der Waals surface area contributed by atoms with Gasteiger partial charge in [-0.1, -0.05) is 36.4 Å². The lowest BCUT2D eigenvalue weighted by Crippen LogP contribution is -2.13. The van der Waals surface area contributed by atoms with E-state index in [1.165, 1.54) is 12.1 Å². The van der Waals surface area contributed by atoms with Crippen LogP contribution in [-0.2, 0) is 6.42 Å². The minimum absolute atomic E-state index is 0.0612. The molecule has 2 aromatic rings. The van der Waals surface area contributed by atoms with Crippen molar-refractivity contribution in [3.05, 3.63) is 76.6 Å². The first kappa shape index (κ1) is 11.8. The summed E-state index contributed by atoms with van der Waals surface area (Å²) in [7, 11) is 0. The van der Waals surface area contributed by atoms with Crippen molar-refractivity contribution in [2.45, 2.75) is 12.8 Å². The third kappa shape index (κ3) is 2.34. The fourth-order valence-corrected chi connectivity index (χ4v) is 2.45. The zero-order chi connectivity index (χ0) is 13.2. The van der Waals surface area contributed by atoms with E-state index in [0.717, 1.165) is 28.7 Å². The highest BCUT2D eigenvalue weighted by molar-refractivity contribution is 6.13. The highest BCUT2D eigenvalue weighted by Crippen LogP contribution is 2.26. The molecule has 0 heterocycles. The first-order valence-electron chi connectivity index (χ1n) is 6.33. The predicted molar refractivity (Wildman–Crippen MR) is 73.5 cm³/mol. The number of carbonyl (C=O) groups is 1. The topological polar surface area (TPSA) is 17.1 Å². The molecule has 0 spiro atoms. The molecule has 19 heavy (non-hydrogen) atoms. The molecule has 0 fully saturated rings. The molecule has 0 saturated heterocycles. The van der Waals surface area contributed by atoms with E-state index < -0.39 is 0 Å². The molecule has 3 rings (SSSR count). The van der Waals surface area contributed by atoms with Gasteiger partial charge in [0.1, 0.15) is 5.82 Å². The minimum Gasteiger partial charge on any atom is -0.289 e. The van der Waals surface area contributed by atoms with E-state index in [2.05, 4.69) is 0 Å². The third-order valence-corrected chi connectivity index (χ3v) is 3.41. The summed E-state index contributed by atoms with van der Waals surface area (Å²) >= 11 is 0. The molecule has 0 amide bonds. The molecule has 2 heteroatoms. The van der Waals surface area contributed by atoms with Crippen molar-refractivity contribution in [1.29, 1.82) is 0 Å². The maximum absolute atomic E-state index is 13.1. The number of aryl methyl sites for hydroxylation is 1. The molecule has 0 aliphatic heterocycles. The van der Waals surface area contributed by atoms with E-state index in [-0.39, 0.29) is 11.6 Å². The average Bonchev–Trinajstić information content (AvgIpc) is 2.42. The molecule has 0 bridgehead atoms. The van der Waals surface area contributed by atoms with Gasteiger partial charge in [0.15, 0.2) is 5.78 Å². The Labute approximate surface area is 111 Å². The van der Waals surface area contributed by atoms with Crippen molar-refractivity contribution in [3.63, 3.8) is 0 Å². The van der Waals surface area contributed by atoms with E-state index in [4.69, 9.17) is 0 Å². The summed E-state index contributed by atoms with van der Waals surface area (Å²) in [6.45, 7) is 0. The zero-order valence-corrected chi connectivity index (χ0v) is 10.4. The van der Waals surface area contributed by atoms with Crippen LogP contribution in [0.1, 0.15) is 27.9 Å². The molecule has 1 aliphatic carbocycles. The lowest BCUT2D eigenvalue weighted by Gasteiger charge is -2.17. The lowest BCUT2D eigenvalue weighted by atomic mass is 9.86. The van der Waals surface area contributed by atoms with Gasteiger partial charge in [-0.25, -0.2) is 4.39 Å². The molecule has 0 unspecified atom stereocenters. The normalized spacial score (nSPS) is 16.5. The number of benzene rings is 2. The summed E-state index contributed by atoms with van der Waals surface area (Å²) in [6, 6.07) is 14.0. The first-order chi connectivity index (χ1) is 9.24. The number of Topliss-reactive ketones (excluding diaryl/α,β-unsaturated/α-hetero) is 1. The maximum Gasteiger partial charge on any atom is 0.189 e. The van der Waals surface area contributed by atoms with Crippen LogP contribution in [0.4, 0.5) is 4.39 Å². The average molecular weight is 252 g/mol. The van der Waals surface area contributed by atoms with Gasteiger partial charge in [-0.05, 0) is 42.2 Å². The summed E-state index contributed by atoms with van der Waals surface area (Å²) < 4.78 is 13.1. The molecule has 0 aromatic heterocycles. The monoisotopic (exact) mass is 252 g/mol. The van der Waals surface area contributed by atoms with Gasteiger partial charge < -0.3 is 0 Å². The van der Waals surface area contributed by atoms with Crippen molar-refractivity contribution in [1.82, 2.24) is 0 Å².